The number of nitrogens with one attached hydrogen (secondary N) is 2. The summed E-state index contributed by atoms with van der Waals surface area (Å²) in [5.41, 5.74) is 1.84. The van der Waals surface area contributed by atoms with Crippen LogP contribution in [0.1, 0.15) is 31.5 Å². The summed E-state index contributed by atoms with van der Waals surface area (Å²) < 4.78 is 5.04. The van der Waals surface area contributed by atoms with Crippen LogP contribution >= 0.6 is 11.3 Å². The molecule has 23 heavy (non-hydrogen) atoms. The first-order valence-electron chi connectivity index (χ1n) is 6.84. The van der Waals surface area contributed by atoms with E-state index >= 15 is 0 Å². The van der Waals surface area contributed by atoms with Gasteiger partial charge in [-0.25, -0.2) is 5.43 Å². The monoisotopic (exact) mass is 335 g/mol. The highest BCUT2D eigenvalue weighted by Crippen LogP contribution is 2.20. The Morgan fingerprint density at radius 2 is 2.17 bits per heavy atom. The Bertz CT molecular complexity index is 700. The Morgan fingerprint density at radius 3 is 2.83 bits per heavy atom. The van der Waals surface area contributed by atoms with E-state index in [4.69, 9.17) is 4.42 Å². The van der Waals surface area contributed by atoms with E-state index in [-0.39, 0.29) is 18.2 Å². The van der Waals surface area contributed by atoms with Gasteiger partial charge in [-0.2, -0.15) is 5.10 Å². The van der Waals surface area contributed by atoms with E-state index < -0.39 is 5.41 Å². The van der Waals surface area contributed by atoms with Crippen molar-refractivity contribution >= 4 is 34.5 Å². The van der Waals surface area contributed by atoms with E-state index in [2.05, 4.69) is 26.0 Å². The second-order valence-corrected chi connectivity index (χ2v) is 6.75. The number of hydrogen-bond acceptors (Lipinski definition) is 7. The molecule has 2 amide bonds. The van der Waals surface area contributed by atoms with Crippen LogP contribution in [-0.2, 0) is 16.0 Å². The molecule has 9 heteroatoms. The fourth-order valence-electron chi connectivity index (χ4n) is 1.37. The van der Waals surface area contributed by atoms with E-state index in [1.54, 1.807) is 32.9 Å². The number of hydrazone groups is 1. The minimum atomic E-state index is -0.524. The molecule has 0 bridgehead atoms. The molecule has 2 aromatic heterocycles. The summed E-state index contributed by atoms with van der Waals surface area (Å²) in [6.07, 6.45) is 2.93. The maximum atomic E-state index is 11.8. The fourth-order valence-corrected chi connectivity index (χ4v) is 2.10. The molecule has 0 aliphatic carbocycles. The van der Waals surface area contributed by atoms with Crippen molar-refractivity contribution in [2.45, 2.75) is 27.2 Å². The van der Waals surface area contributed by atoms with Gasteiger partial charge in [-0.3, -0.25) is 9.59 Å². The van der Waals surface area contributed by atoms with Crippen molar-refractivity contribution in [3.8, 4) is 0 Å². The van der Waals surface area contributed by atoms with Gasteiger partial charge in [-0.1, -0.05) is 32.1 Å². The second kappa shape index (κ2) is 7.14. The van der Waals surface area contributed by atoms with Gasteiger partial charge in [0.15, 0.2) is 0 Å². The number of rotatable bonds is 5. The molecule has 2 N–H and O–H groups in total. The minimum Gasteiger partial charge on any atom is -0.463 e. The lowest BCUT2D eigenvalue weighted by Crippen LogP contribution is -2.27. The van der Waals surface area contributed by atoms with Crippen molar-refractivity contribution in [2.75, 3.05) is 5.32 Å². The van der Waals surface area contributed by atoms with Crippen molar-refractivity contribution in [3.63, 3.8) is 0 Å². The van der Waals surface area contributed by atoms with Crippen LogP contribution in [0.3, 0.4) is 0 Å². The predicted octanol–water partition coefficient (Wildman–Crippen LogP) is 1.81. The zero-order chi connectivity index (χ0) is 16.9. The van der Waals surface area contributed by atoms with Gasteiger partial charge in [0.2, 0.25) is 16.9 Å². The third-order valence-electron chi connectivity index (χ3n) is 2.60. The average Bonchev–Trinajstić information content (AvgIpc) is 3.10. The van der Waals surface area contributed by atoms with E-state index in [1.165, 1.54) is 12.5 Å². The topological polar surface area (TPSA) is 109 Å². The van der Waals surface area contributed by atoms with Gasteiger partial charge < -0.3 is 9.73 Å². The molecule has 0 saturated heterocycles. The number of hydrogen-bond donors (Lipinski definition) is 2. The number of carbonyl (C=O) groups excluding carboxylic acids is 2. The van der Waals surface area contributed by atoms with E-state index in [0.717, 1.165) is 11.3 Å². The fraction of sp³-hybridized carbons (Fsp3) is 0.357. The Morgan fingerprint density at radius 1 is 1.39 bits per heavy atom. The number of carbonyl (C=O) groups is 2. The Hall–Kier alpha value is -2.55. The molecule has 0 aliphatic heterocycles. The van der Waals surface area contributed by atoms with Gasteiger partial charge in [-0.15, -0.1) is 10.2 Å². The van der Waals surface area contributed by atoms with Gasteiger partial charge in [0.25, 0.3) is 0 Å². The standard InChI is InChI=1S/C14H17N5O3S/c1-14(2,3)12(21)16-13-19-18-11(23-13)7-10(20)17-15-8-9-5-4-6-22-9/h4-6,8H,7H2,1-3H3,(H,17,20)(H,16,19,21)/b15-8-. The molecule has 8 nitrogen and oxygen atoms in total. The number of furan rings is 1. The summed E-state index contributed by atoms with van der Waals surface area (Å²) in [5, 5.41) is 15.0. The molecule has 2 aromatic rings. The van der Waals surface area contributed by atoms with Crippen LogP contribution in [0.2, 0.25) is 0 Å². The summed E-state index contributed by atoms with van der Waals surface area (Å²) in [7, 11) is 0. The molecule has 2 heterocycles. The van der Waals surface area contributed by atoms with Gasteiger partial charge >= 0.3 is 0 Å². The molecule has 0 fully saturated rings. The molecule has 0 spiro atoms. The van der Waals surface area contributed by atoms with Crippen LogP contribution in [0.5, 0.6) is 0 Å². The van der Waals surface area contributed by atoms with Crippen molar-refractivity contribution in [2.24, 2.45) is 10.5 Å². The molecular formula is C14H17N5O3S. The third kappa shape index (κ3) is 5.29. The number of anilines is 1. The first-order chi connectivity index (χ1) is 10.8. The number of amides is 2. The smallest absolute Gasteiger partial charge is 0.247 e. The van der Waals surface area contributed by atoms with Gasteiger partial charge in [0.1, 0.15) is 10.8 Å². The van der Waals surface area contributed by atoms with Crippen molar-refractivity contribution < 1.29 is 14.0 Å². The summed E-state index contributed by atoms with van der Waals surface area (Å²) in [5.74, 6) is 0.0405. The maximum Gasteiger partial charge on any atom is 0.247 e. The molecule has 0 saturated carbocycles. The Labute approximate surface area is 137 Å². The molecular weight excluding hydrogens is 318 g/mol. The molecule has 0 radical (unpaired) electrons. The van der Waals surface area contributed by atoms with Crippen LogP contribution in [0.4, 0.5) is 5.13 Å². The van der Waals surface area contributed by atoms with Crippen LogP contribution < -0.4 is 10.7 Å². The largest absolute Gasteiger partial charge is 0.463 e. The minimum absolute atomic E-state index is 0.0263. The highest BCUT2D eigenvalue weighted by atomic mass is 32.1. The summed E-state index contributed by atoms with van der Waals surface area (Å²) >= 11 is 1.15. The van der Waals surface area contributed by atoms with E-state index in [9.17, 15) is 9.59 Å². The molecule has 0 aliphatic rings. The Kier molecular flexibility index (Phi) is 5.22. The molecule has 122 valence electrons. The lowest BCUT2D eigenvalue weighted by atomic mass is 9.96. The zero-order valence-electron chi connectivity index (χ0n) is 13.0. The lowest BCUT2D eigenvalue weighted by molar-refractivity contribution is -0.123. The number of nitrogens with zero attached hydrogens (tertiary/aromatic N) is 3. The SMILES string of the molecule is CC(C)(C)C(=O)Nc1nnc(CC(=O)N/N=C\c2ccco2)s1. The van der Waals surface area contributed by atoms with E-state index in [1.807, 2.05) is 0 Å². The summed E-state index contributed by atoms with van der Waals surface area (Å²) in [6, 6.07) is 3.43. The first-order valence-corrected chi connectivity index (χ1v) is 7.65. The highest BCUT2D eigenvalue weighted by Gasteiger charge is 2.22. The van der Waals surface area contributed by atoms with Crippen LogP contribution in [0, 0.1) is 5.41 Å². The van der Waals surface area contributed by atoms with Gasteiger partial charge in [0.05, 0.1) is 18.9 Å². The molecule has 2 rings (SSSR count). The third-order valence-corrected chi connectivity index (χ3v) is 3.44. The van der Waals surface area contributed by atoms with Crippen molar-refractivity contribution in [1.29, 1.82) is 0 Å². The van der Waals surface area contributed by atoms with Crippen LogP contribution in [0.15, 0.2) is 27.9 Å². The van der Waals surface area contributed by atoms with Crippen molar-refractivity contribution in [3.05, 3.63) is 29.2 Å². The second-order valence-electron chi connectivity index (χ2n) is 5.69. The van der Waals surface area contributed by atoms with Gasteiger partial charge in [0, 0.05) is 5.41 Å². The molecule has 0 unspecified atom stereocenters. The molecule has 0 atom stereocenters. The van der Waals surface area contributed by atoms with Crippen LogP contribution in [-0.4, -0.2) is 28.2 Å². The van der Waals surface area contributed by atoms with Gasteiger partial charge in [-0.05, 0) is 12.1 Å². The Balaban J connectivity index is 1.84. The summed E-state index contributed by atoms with van der Waals surface area (Å²) in [4.78, 5) is 23.6. The van der Waals surface area contributed by atoms with Crippen LogP contribution in [0.25, 0.3) is 0 Å². The number of aromatic nitrogens is 2. The quantitative estimate of drug-likeness (QED) is 0.639. The van der Waals surface area contributed by atoms with Crippen molar-refractivity contribution in [1.82, 2.24) is 15.6 Å². The first kappa shape index (κ1) is 16.8. The average molecular weight is 335 g/mol. The summed E-state index contributed by atoms with van der Waals surface area (Å²) in [6.45, 7) is 5.40. The zero-order valence-corrected chi connectivity index (χ0v) is 13.8. The maximum absolute atomic E-state index is 11.8. The molecule has 0 aromatic carbocycles. The normalized spacial score (nSPS) is 11.6. The lowest BCUT2D eigenvalue weighted by Gasteiger charge is -2.15. The predicted molar refractivity (Wildman–Crippen MR) is 86.1 cm³/mol. The highest BCUT2D eigenvalue weighted by molar-refractivity contribution is 7.15. The van der Waals surface area contributed by atoms with E-state index in [0.29, 0.717) is 15.9 Å².